The van der Waals surface area contributed by atoms with Crippen LogP contribution in [0.5, 0.6) is 5.75 Å². The number of benzene rings is 2. The molecule has 0 spiro atoms. The summed E-state index contributed by atoms with van der Waals surface area (Å²) in [6.07, 6.45) is 0. The lowest BCUT2D eigenvalue weighted by molar-refractivity contribution is 0.0595. The first-order valence-electron chi connectivity index (χ1n) is 6.55. The van der Waals surface area contributed by atoms with Crippen molar-refractivity contribution >= 4 is 32.8 Å². The first-order valence-corrected chi connectivity index (χ1v) is 7.34. The van der Waals surface area contributed by atoms with Crippen LogP contribution in [-0.4, -0.2) is 30.0 Å². The zero-order chi connectivity index (χ0) is 15.7. The second kappa shape index (κ2) is 5.81. The first kappa shape index (κ1) is 14.6. The molecule has 0 aliphatic carbocycles. The molecule has 0 fully saturated rings. The Bertz CT molecular complexity index is 858. The van der Waals surface area contributed by atoms with E-state index in [2.05, 4.69) is 21.0 Å². The van der Waals surface area contributed by atoms with Crippen molar-refractivity contribution in [3.8, 4) is 11.4 Å². The SMILES string of the molecule is COC(=O)c1nn(-c2cccc(Br)c2)c2cc(OC)ccc12. The zero-order valence-electron chi connectivity index (χ0n) is 12.0. The predicted octanol–water partition coefficient (Wildman–Crippen LogP) is 3.58. The molecule has 0 aliphatic heterocycles. The normalized spacial score (nSPS) is 10.7. The topological polar surface area (TPSA) is 53.3 Å². The summed E-state index contributed by atoms with van der Waals surface area (Å²) in [6, 6.07) is 13.1. The molecule has 1 heterocycles. The van der Waals surface area contributed by atoms with Crippen molar-refractivity contribution in [1.82, 2.24) is 9.78 Å². The smallest absolute Gasteiger partial charge is 0.359 e. The van der Waals surface area contributed by atoms with E-state index < -0.39 is 5.97 Å². The standard InChI is InChI=1S/C16H13BrN2O3/c1-21-12-6-7-13-14(9-12)19(18-15(13)16(20)22-2)11-5-3-4-10(17)8-11/h3-9H,1-2H3. The summed E-state index contributed by atoms with van der Waals surface area (Å²) in [4.78, 5) is 12.0. The van der Waals surface area contributed by atoms with Crippen LogP contribution < -0.4 is 4.74 Å². The number of nitrogens with zero attached hydrogens (tertiary/aromatic N) is 2. The van der Waals surface area contributed by atoms with Crippen molar-refractivity contribution in [3.05, 3.63) is 52.6 Å². The number of aromatic nitrogens is 2. The number of esters is 1. The minimum atomic E-state index is -0.469. The molecule has 0 saturated heterocycles. The number of carbonyl (C=O) groups excluding carboxylic acids is 1. The van der Waals surface area contributed by atoms with Gasteiger partial charge in [0, 0.05) is 15.9 Å². The molecule has 3 aromatic rings. The lowest BCUT2D eigenvalue weighted by Gasteiger charge is -2.05. The van der Waals surface area contributed by atoms with Gasteiger partial charge < -0.3 is 9.47 Å². The summed E-state index contributed by atoms with van der Waals surface area (Å²) < 4.78 is 12.7. The van der Waals surface area contributed by atoms with Gasteiger partial charge in [-0.3, -0.25) is 0 Å². The Morgan fingerprint density at radius 3 is 2.68 bits per heavy atom. The van der Waals surface area contributed by atoms with E-state index in [0.29, 0.717) is 11.1 Å². The molecule has 0 bridgehead atoms. The van der Waals surface area contributed by atoms with E-state index in [1.165, 1.54) is 7.11 Å². The maximum Gasteiger partial charge on any atom is 0.359 e. The zero-order valence-corrected chi connectivity index (χ0v) is 13.6. The molecule has 22 heavy (non-hydrogen) atoms. The number of ether oxygens (including phenoxy) is 2. The Hall–Kier alpha value is -2.34. The largest absolute Gasteiger partial charge is 0.497 e. The summed E-state index contributed by atoms with van der Waals surface area (Å²) in [5.41, 5.74) is 1.89. The molecule has 0 atom stereocenters. The molecule has 0 radical (unpaired) electrons. The molecule has 0 unspecified atom stereocenters. The van der Waals surface area contributed by atoms with Crippen LogP contribution in [0.15, 0.2) is 46.9 Å². The molecule has 1 aromatic heterocycles. The number of rotatable bonds is 3. The predicted molar refractivity (Wildman–Crippen MR) is 86.7 cm³/mol. The molecule has 112 valence electrons. The lowest BCUT2D eigenvalue weighted by atomic mass is 10.2. The van der Waals surface area contributed by atoms with Gasteiger partial charge in [-0.1, -0.05) is 22.0 Å². The van der Waals surface area contributed by atoms with Gasteiger partial charge in [0.1, 0.15) is 5.75 Å². The average molecular weight is 361 g/mol. The molecule has 3 rings (SSSR count). The van der Waals surface area contributed by atoms with Gasteiger partial charge in [-0.05, 0) is 30.3 Å². The highest BCUT2D eigenvalue weighted by Crippen LogP contribution is 2.27. The van der Waals surface area contributed by atoms with Crippen molar-refractivity contribution < 1.29 is 14.3 Å². The minimum Gasteiger partial charge on any atom is -0.497 e. The van der Waals surface area contributed by atoms with Gasteiger partial charge in [-0.25, -0.2) is 9.48 Å². The van der Waals surface area contributed by atoms with Crippen LogP contribution in [0.3, 0.4) is 0 Å². The number of halogens is 1. The number of hydrogen-bond acceptors (Lipinski definition) is 4. The fraction of sp³-hybridized carbons (Fsp3) is 0.125. The maximum absolute atomic E-state index is 12.0. The highest BCUT2D eigenvalue weighted by molar-refractivity contribution is 9.10. The van der Waals surface area contributed by atoms with Crippen LogP contribution in [0.2, 0.25) is 0 Å². The Labute approximate surface area is 135 Å². The van der Waals surface area contributed by atoms with Crippen LogP contribution in [0, 0.1) is 0 Å². The highest BCUT2D eigenvalue weighted by Gasteiger charge is 2.19. The molecular formula is C16H13BrN2O3. The summed E-state index contributed by atoms with van der Waals surface area (Å²) in [7, 11) is 2.94. The van der Waals surface area contributed by atoms with Crippen molar-refractivity contribution in [2.45, 2.75) is 0 Å². The Kier molecular flexibility index (Phi) is 3.85. The Morgan fingerprint density at radius 2 is 2.00 bits per heavy atom. The van der Waals surface area contributed by atoms with Crippen LogP contribution in [-0.2, 0) is 4.74 Å². The van der Waals surface area contributed by atoms with Crippen molar-refractivity contribution in [2.24, 2.45) is 0 Å². The van der Waals surface area contributed by atoms with E-state index in [-0.39, 0.29) is 5.69 Å². The van der Waals surface area contributed by atoms with E-state index in [9.17, 15) is 4.79 Å². The monoisotopic (exact) mass is 360 g/mol. The third kappa shape index (κ3) is 2.46. The van der Waals surface area contributed by atoms with E-state index in [0.717, 1.165) is 15.7 Å². The van der Waals surface area contributed by atoms with Crippen molar-refractivity contribution in [1.29, 1.82) is 0 Å². The third-order valence-electron chi connectivity index (χ3n) is 3.32. The number of fused-ring (bicyclic) bond motifs is 1. The van der Waals surface area contributed by atoms with Crippen LogP contribution in [0.4, 0.5) is 0 Å². The fourth-order valence-corrected chi connectivity index (χ4v) is 2.66. The lowest BCUT2D eigenvalue weighted by Crippen LogP contribution is -2.04. The summed E-state index contributed by atoms with van der Waals surface area (Å²) in [6.45, 7) is 0. The number of hydrogen-bond donors (Lipinski definition) is 0. The summed E-state index contributed by atoms with van der Waals surface area (Å²) >= 11 is 3.44. The van der Waals surface area contributed by atoms with Crippen LogP contribution in [0.1, 0.15) is 10.5 Å². The Morgan fingerprint density at radius 1 is 1.18 bits per heavy atom. The average Bonchev–Trinajstić information content (AvgIpc) is 2.92. The van der Waals surface area contributed by atoms with E-state index in [4.69, 9.17) is 9.47 Å². The molecule has 0 amide bonds. The van der Waals surface area contributed by atoms with Crippen LogP contribution in [0.25, 0.3) is 16.6 Å². The van der Waals surface area contributed by atoms with Crippen molar-refractivity contribution in [2.75, 3.05) is 14.2 Å². The second-order valence-electron chi connectivity index (χ2n) is 4.61. The van der Waals surface area contributed by atoms with Gasteiger partial charge in [-0.2, -0.15) is 5.10 Å². The number of methoxy groups -OCH3 is 2. The molecule has 0 N–H and O–H groups in total. The fourth-order valence-electron chi connectivity index (χ4n) is 2.27. The van der Waals surface area contributed by atoms with E-state index in [1.54, 1.807) is 17.9 Å². The molecule has 5 nitrogen and oxygen atoms in total. The van der Waals surface area contributed by atoms with Crippen molar-refractivity contribution in [3.63, 3.8) is 0 Å². The molecular weight excluding hydrogens is 348 g/mol. The molecule has 6 heteroatoms. The van der Waals surface area contributed by atoms with Crippen LogP contribution >= 0.6 is 15.9 Å². The molecule has 0 aliphatic rings. The highest BCUT2D eigenvalue weighted by atomic mass is 79.9. The maximum atomic E-state index is 12.0. The summed E-state index contributed by atoms with van der Waals surface area (Å²) in [5, 5.41) is 5.13. The third-order valence-corrected chi connectivity index (χ3v) is 3.81. The van der Waals surface area contributed by atoms with Gasteiger partial charge in [0.15, 0.2) is 5.69 Å². The summed E-state index contributed by atoms with van der Waals surface area (Å²) in [5.74, 6) is 0.226. The number of carbonyl (C=O) groups is 1. The van der Waals surface area contributed by atoms with Gasteiger partial charge in [-0.15, -0.1) is 0 Å². The minimum absolute atomic E-state index is 0.278. The first-order chi connectivity index (χ1) is 10.6. The van der Waals surface area contributed by atoms with Gasteiger partial charge >= 0.3 is 5.97 Å². The quantitative estimate of drug-likeness (QED) is 0.669. The Balaban J connectivity index is 2.30. The molecule has 2 aromatic carbocycles. The second-order valence-corrected chi connectivity index (χ2v) is 5.53. The van der Waals surface area contributed by atoms with Gasteiger partial charge in [0.05, 0.1) is 25.4 Å². The van der Waals surface area contributed by atoms with E-state index >= 15 is 0 Å². The van der Waals surface area contributed by atoms with E-state index in [1.807, 2.05) is 36.4 Å². The van der Waals surface area contributed by atoms with Gasteiger partial charge in [0.25, 0.3) is 0 Å². The molecule has 0 saturated carbocycles. The van der Waals surface area contributed by atoms with Gasteiger partial charge in [0.2, 0.25) is 0 Å².